The molecule has 1 atom stereocenters. The number of carbonyl (C=O) groups is 1. The van der Waals surface area contributed by atoms with Crippen molar-refractivity contribution >= 4 is 6.09 Å². The van der Waals surface area contributed by atoms with Crippen LogP contribution in [0.2, 0.25) is 0 Å². The van der Waals surface area contributed by atoms with Gasteiger partial charge >= 0.3 is 6.09 Å². The average Bonchev–Trinajstić information content (AvgIpc) is 2.64. The number of nitrogens with one attached hydrogen (secondary N) is 1. The minimum atomic E-state index is -0.983. The molecule has 0 aromatic heterocycles. The van der Waals surface area contributed by atoms with Crippen LogP contribution in [0.1, 0.15) is 37.4 Å². The maximum absolute atomic E-state index is 11.3. The fraction of sp³-hybridized carbons (Fsp3) is 0.409. The Hall–Kier alpha value is -2.53. The van der Waals surface area contributed by atoms with Crippen LogP contribution in [0.15, 0.2) is 42.5 Å². The molecule has 1 aliphatic rings. The summed E-state index contributed by atoms with van der Waals surface area (Å²) in [5, 5.41) is 12.0. The zero-order valence-corrected chi connectivity index (χ0v) is 16.1. The standard InChI is InChI=1S/C22H27NO4/c1-22(2)11-10-16-4-5-17(14-19(16)20(22)23-21(24)25)15-6-8-18(9-7-15)27-13-12-26-3/h4-9,14,20,23H,10-13H2,1-3H3,(H,24,25). The normalized spacial score (nSPS) is 17.8. The van der Waals surface area contributed by atoms with E-state index in [-0.39, 0.29) is 11.5 Å². The monoisotopic (exact) mass is 369 g/mol. The Bertz CT molecular complexity index is 798. The molecule has 2 aromatic carbocycles. The number of benzene rings is 2. The molecule has 27 heavy (non-hydrogen) atoms. The summed E-state index contributed by atoms with van der Waals surface area (Å²) in [4.78, 5) is 11.3. The van der Waals surface area contributed by atoms with Crippen LogP contribution in [0.25, 0.3) is 11.1 Å². The van der Waals surface area contributed by atoms with Crippen molar-refractivity contribution < 1.29 is 19.4 Å². The van der Waals surface area contributed by atoms with Gasteiger partial charge in [0.2, 0.25) is 0 Å². The maximum atomic E-state index is 11.3. The lowest BCUT2D eigenvalue weighted by molar-refractivity contribution is 0.146. The van der Waals surface area contributed by atoms with E-state index in [0.29, 0.717) is 13.2 Å². The van der Waals surface area contributed by atoms with Crippen molar-refractivity contribution in [2.75, 3.05) is 20.3 Å². The molecule has 2 N–H and O–H groups in total. The van der Waals surface area contributed by atoms with Gasteiger partial charge in [-0.3, -0.25) is 0 Å². The Morgan fingerprint density at radius 2 is 1.85 bits per heavy atom. The topological polar surface area (TPSA) is 67.8 Å². The zero-order chi connectivity index (χ0) is 19.4. The van der Waals surface area contributed by atoms with Gasteiger partial charge in [-0.15, -0.1) is 0 Å². The third kappa shape index (κ3) is 4.42. The SMILES string of the molecule is COCCOc1ccc(-c2ccc3c(c2)C(NC(=O)O)C(C)(C)CC3)cc1. The van der Waals surface area contributed by atoms with Crippen molar-refractivity contribution in [3.63, 3.8) is 0 Å². The second-order valence-electron chi connectivity index (χ2n) is 7.65. The van der Waals surface area contributed by atoms with Crippen molar-refractivity contribution in [1.29, 1.82) is 0 Å². The van der Waals surface area contributed by atoms with Crippen LogP contribution in [-0.4, -0.2) is 31.5 Å². The minimum Gasteiger partial charge on any atom is -0.491 e. The largest absolute Gasteiger partial charge is 0.491 e. The second kappa shape index (κ2) is 8.01. The van der Waals surface area contributed by atoms with E-state index in [0.717, 1.165) is 35.3 Å². The van der Waals surface area contributed by atoms with Crippen LogP contribution in [-0.2, 0) is 11.2 Å². The predicted molar refractivity (Wildman–Crippen MR) is 105 cm³/mol. The lowest BCUT2D eigenvalue weighted by Gasteiger charge is -2.40. The molecule has 0 spiro atoms. The van der Waals surface area contributed by atoms with Crippen molar-refractivity contribution in [2.45, 2.75) is 32.7 Å². The Balaban J connectivity index is 1.87. The van der Waals surface area contributed by atoms with Gasteiger partial charge in [-0.05, 0) is 58.7 Å². The van der Waals surface area contributed by atoms with E-state index in [1.165, 1.54) is 5.56 Å². The van der Waals surface area contributed by atoms with E-state index in [1.807, 2.05) is 24.3 Å². The third-order valence-electron chi connectivity index (χ3n) is 5.29. The van der Waals surface area contributed by atoms with E-state index >= 15 is 0 Å². The summed E-state index contributed by atoms with van der Waals surface area (Å²) in [5.74, 6) is 0.806. The number of hydrogen-bond donors (Lipinski definition) is 2. The molecule has 0 heterocycles. The Morgan fingerprint density at radius 3 is 2.52 bits per heavy atom. The highest BCUT2D eigenvalue weighted by Crippen LogP contribution is 2.44. The maximum Gasteiger partial charge on any atom is 0.405 e. The molecule has 1 amide bonds. The molecular weight excluding hydrogens is 342 g/mol. The van der Waals surface area contributed by atoms with Crippen molar-refractivity contribution in [1.82, 2.24) is 5.32 Å². The smallest absolute Gasteiger partial charge is 0.405 e. The molecule has 1 aliphatic carbocycles. The lowest BCUT2D eigenvalue weighted by atomic mass is 9.70. The molecule has 0 fully saturated rings. The van der Waals surface area contributed by atoms with Crippen LogP contribution in [0.4, 0.5) is 4.79 Å². The number of aryl methyl sites for hydroxylation is 1. The van der Waals surface area contributed by atoms with Gasteiger partial charge < -0.3 is 19.9 Å². The molecule has 0 aliphatic heterocycles. The van der Waals surface area contributed by atoms with Crippen molar-refractivity contribution in [3.05, 3.63) is 53.6 Å². The minimum absolute atomic E-state index is 0.122. The number of methoxy groups -OCH3 is 1. The molecule has 0 saturated carbocycles. The molecule has 144 valence electrons. The first kappa shape index (κ1) is 19.2. The second-order valence-corrected chi connectivity index (χ2v) is 7.65. The zero-order valence-electron chi connectivity index (χ0n) is 16.1. The van der Waals surface area contributed by atoms with Crippen molar-refractivity contribution in [2.24, 2.45) is 5.41 Å². The van der Waals surface area contributed by atoms with Crippen LogP contribution < -0.4 is 10.1 Å². The van der Waals surface area contributed by atoms with Crippen LogP contribution >= 0.6 is 0 Å². The van der Waals surface area contributed by atoms with Gasteiger partial charge in [0.15, 0.2) is 0 Å². The van der Waals surface area contributed by atoms with Gasteiger partial charge in [0, 0.05) is 7.11 Å². The van der Waals surface area contributed by atoms with Gasteiger partial charge in [-0.25, -0.2) is 4.79 Å². The summed E-state index contributed by atoms with van der Waals surface area (Å²) in [7, 11) is 1.65. The molecule has 2 aromatic rings. The van der Waals surface area contributed by atoms with Gasteiger partial charge in [-0.2, -0.15) is 0 Å². The van der Waals surface area contributed by atoms with E-state index in [2.05, 4.69) is 37.4 Å². The molecule has 3 rings (SSSR count). The van der Waals surface area contributed by atoms with Crippen LogP contribution in [0.5, 0.6) is 5.75 Å². The van der Waals surface area contributed by atoms with E-state index in [4.69, 9.17) is 9.47 Å². The van der Waals surface area contributed by atoms with Crippen molar-refractivity contribution in [3.8, 4) is 16.9 Å². The van der Waals surface area contributed by atoms with E-state index in [9.17, 15) is 9.90 Å². The van der Waals surface area contributed by atoms with Crippen LogP contribution in [0, 0.1) is 5.41 Å². The first-order valence-electron chi connectivity index (χ1n) is 9.25. The van der Waals surface area contributed by atoms with Crippen LogP contribution in [0.3, 0.4) is 0 Å². The van der Waals surface area contributed by atoms with Gasteiger partial charge in [0.1, 0.15) is 12.4 Å². The van der Waals surface area contributed by atoms with Gasteiger partial charge in [-0.1, -0.05) is 38.1 Å². The number of ether oxygens (including phenoxy) is 2. The first-order valence-corrected chi connectivity index (χ1v) is 9.25. The molecule has 5 nitrogen and oxygen atoms in total. The lowest BCUT2D eigenvalue weighted by Crippen LogP contribution is -2.40. The number of fused-ring (bicyclic) bond motifs is 1. The summed E-state index contributed by atoms with van der Waals surface area (Å²) in [6, 6.07) is 14.1. The number of rotatable bonds is 6. The first-order chi connectivity index (χ1) is 12.9. The van der Waals surface area contributed by atoms with Gasteiger partial charge in [0.25, 0.3) is 0 Å². The highest BCUT2D eigenvalue weighted by molar-refractivity contribution is 5.68. The van der Waals surface area contributed by atoms with E-state index < -0.39 is 6.09 Å². The summed E-state index contributed by atoms with van der Waals surface area (Å²) < 4.78 is 10.6. The molecule has 0 saturated heterocycles. The number of amides is 1. The Kier molecular flexibility index (Phi) is 5.71. The Morgan fingerprint density at radius 1 is 1.15 bits per heavy atom. The molecule has 0 radical (unpaired) electrons. The predicted octanol–water partition coefficient (Wildman–Crippen LogP) is 4.66. The van der Waals surface area contributed by atoms with E-state index in [1.54, 1.807) is 7.11 Å². The average molecular weight is 369 g/mol. The number of hydrogen-bond acceptors (Lipinski definition) is 3. The summed E-state index contributed by atoms with van der Waals surface area (Å²) >= 11 is 0. The summed E-state index contributed by atoms with van der Waals surface area (Å²) in [5.41, 5.74) is 4.33. The fourth-order valence-electron chi connectivity index (χ4n) is 3.68. The van der Waals surface area contributed by atoms with Gasteiger partial charge in [0.05, 0.1) is 12.6 Å². The molecule has 5 heteroatoms. The molecular formula is C22H27NO4. The quantitative estimate of drug-likeness (QED) is 0.727. The third-order valence-corrected chi connectivity index (χ3v) is 5.29. The fourth-order valence-corrected chi connectivity index (χ4v) is 3.68. The summed E-state index contributed by atoms with van der Waals surface area (Å²) in [6.07, 6.45) is 0.939. The molecule has 0 bridgehead atoms. The summed E-state index contributed by atoms with van der Waals surface area (Å²) in [6.45, 7) is 5.32. The highest BCUT2D eigenvalue weighted by atomic mass is 16.5. The highest BCUT2D eigenvalue weighted by Gasteiger charge is 2.37. The Labute approximate surface area is 160 Å². The molecule has 1 unspecified atom stereocenters. The number of carboxylic acid groups (broad SMARTS) is 1.